The third-order valence-electron chi connectivity index (χ3n) is 14.5. The number of benzene rings is 4. The number of carbonyl (C=O) groups excluding carboxylic acids is 3. The summed E-state index contributed by atoms with van der Waals surface area (Å²) in [6, 6.07) is 19.8. The molecule has 1 heterocycles. The molecule has 0 bridgehead atoms. The van der Waals surface area contributed by atoms with E-state index in [0.29, 0.717) is 107 Å². The molecule has 0 saturated heterocycles. The number of hydrogen-bond donors (Lipinski definition) is 1. The Kier molecular flexibility index (Phi) is 31.9. The van der Waals surface area contributed by atoms with Crippen LogP contribution in [0.2, 0.25) is 0 Å². The highest BCUT2D eigenvalue weighted by atomic mass is 16.6. The van der Waals surface area contributed by atoms with Crippen LogP contribution in [0.4, 0.5) is 0 Å². The Bertz CT molecular complexity index is 3060. The molecule has 515 valence electrons. The van der Waals surface area contributed by atoms with Crippen molar-refractivity contribution in [3.05, 3.63) is 127 Å². The third-order valence-corrected chi connectivity index (χ3v) is 14.5. The number of aliphatic hydroxyl groups is 1. The number of esters is 3. The second kappa shape index (κ2) is 39.6. The second-order valence-corrected chi connectivity index (χ2v) is 26.9. The van der Waals surface area contributed by atoms with Crippen LogP contribution in [-0.4, -0.2) is 94.5 Å². The van der Waals surface area contributed by atoms with Gasteiger partial charge >= 0.3 is 17.9 Å². The number of aromatic nitrogens is 3. The van der Waals surface area contributed by atoms with Gasteiger partial charge in [-0.25, -0.2) is 14.4 Å². The Morgan fingerprint density at radius 2 is 0.830 bits per heavy atom. The molecule has 5 radical (unpaired) electrons. The van der Waals surface area contributed by atoms with Crippen molar-refractivity contribution in [3.63, 3.8) is 0 Å². The summed E-state index contributed by atoms with van der Waals surface area (Å²) < 4.78 is 70.0. The molecule has 0 aliphatic heterocycles. The summed E-state index contributed by atoms with van der Waals surface area (Å²) >= 11 is 0. The molecule has 1 saturated carbocycles. The van der Waals surface area contributed by atoms with E-state index in [1.165, 1.54) is 57.8 Å². The Labute approximate surface area is 560 Å². The standard InChI is InChI=1S/C76H106N3O15/c1-12-14-16-18-20-22-24-28-34-84-62-37-58(39-64(45-62)89-53-70(81)92-74(3,4)5)51-87-66-43-60(73-68(86-35-29-25-23-21-19-17-15-13-2)41-57(50-80)42-69(73)91-55-72(83)94-76(9,10)11)44-67(47-66)88-52-59-38-63(46-65(40-59)90-54-71(82)93-75(6,7)8)85-36-30-33-61-49-79(78-77-61)48-56-31-26-27-32-56/h26-27,31-32,37-47,49,80H,12-25,28-30,33-36,48,50-55H2,1-11H3. The molecule has 0 spiro atoms. The van der Waals surface area contributed by atoms with E-state index >= 15 is 0 Å². The molecule has 18 nitrogen and oxygen atoms in total. The molecule has 0 unspecified atom stereocenters. The molecule has 1 aliphatic carbocycles. The van der Waals surface area contributed by atoms with E-state index in [9.17, 15) is 19.5 Å². The molecular formula is C76H106N3O15. The van der Waals surface area contributed by atoms with Gasteiger partial charge in [0.2, 0.25) is 0 Å². The van der Waals surface area contributed by atoms with Crippen molar-refractivity contribution < 1.29 is 71.6 Å². The van der Waals surface area contributed by atoms with Gasteiger partial charge in [0.15, 0.2) is 19.8 Å². The zero-order valence-electron chi connectivity index (χ0n) is 58.0. The average Bonchev–Trinajstić information content (AvgIpc) is 0.951. The fraction of sp³-hybridized carbons (Fsp3) is 0.553. The maximum Gasteiger partial charge on any atom is 0.344 e. The van der Waals surface area contributed by atoms with Crippen LogP contribution in [0.25, 0.3) is 11.1 Å². The van der Waals surface area contributed by atoms with Crippen molar-refractivity contribution in [2.24, 2.45) is 0 Å². The predicted octanol–water partition coefficient (Wildman–Crippen LogP) is 16.2. The molecule has 1 aromatic heterocycles. The topological polar surface area (TPSA) is 204 Å². The zero-order valence-corrected chi connectivity index (χ0v) is 58.0. The van der Waals surface area contributed by atoms with Crippen molar-refractivity contribution >= 4 is 17.9 Å². The van der Waals surface area contributed by atoms with Gasteiger partial charge in [-0.2, -0.15) is 0 Å². The molecule has 0 atom stereocenters. The first-order valence-corrected chi connectivity index (χ1v) is 34.0. The van der Waals surface area contributed by atoms with Crippen molar-refractivity contribution in [2.45, 2.75) is 235 Å². The van der Waals surface area contributed by atoms with Crippen LogP contribution in [-0.2, 0) is 61.4 Å². The maximum absolute atomic E-state index is 13.3. The zero-order chi connectivity index (χ0) is 67.8. The van der Waals surface area contributed by atoms with E-state index in [1.54, 1.807) is 84.0 Å². The van der Waals surface area contributed by atoms with E-state index < -0.39 is 41.3 Å². The summed E-state index contributed by atoms with van der Waals surface area (Å²) in [5.74, 6) is 2.79. The summed E-state index contributed by atoms with van der Waals surface area (Å²) in [5, 5.41) is 19.4. The van der Waals surface area contributed by atoms with Crippen molar-refractivity contribution in [1.82, 2.24) is 15.0 Å². The van der Waals surface area contributed by atoms with E-state index in [-0.39, 0.29) is 38.8 Å². The summed E-state index contributed by atoms with van der Waals surface area (Å²) in [6.07, 6.45) is 29.4. The number of aliphatic hydroxyl groups excluding tert-OH is 1. The average molecular weight is 1300 g/mol. The highest BCUT2D eigenvalue weighted by Gasteiger charge is 2.24. The van der Waals surface area contributed by atoms with Gasteiger partial charge < -0.3 is 57.2 Å². The molecule has 1 fully saturated rings. The number of carbonyl (C=O) groups is 3. The third kappa shape index (κ3) is 30.5. The molecule has 5 aromatic rings. The van der Waals surface area contributed by atoms with Crippen LogP contribution in [0.3, 0.4) is 0 Å². The van der Waals surface area contributed by atoms with E-state index in [0.717, 1.165) is 56.6 Å². The van der Waals surface area contributed by atoms with Gasteiger partial charge in [0.1, 0.15) is 76.0 Å². The minimum absolute atomic E-state index is 0.000774. The minimum Gasteiger partial charge on any atom is -0.493 e. The van der Waals surface area contributed by atoms with Crippen LogP contribution in [0.15, 0.2) is 72.9 Å². The number of rotatable bonds is 44. The number of nitrogens with zero attached hydrogens (tertiary/aromatic N) is 3. The molecule has 6 rings (SSSR count). The Morgan fingerprint density at radius 3 is 1.28 bits per heavy atom. The van der Waals surface area contributed by atoms with Crippen molar-refractivity contribution in [3.8, 4) is 57.1 Å². The fourth-order valence-electron chi connectivity index (χ4n) is 10.3. The van der Waals surface area contributed by atoms with Gasteiger partial charge in [0, 0.05) is 36.9 Å². The highest BCUT2D eigenvalue weighted by Crippen LogP contribution is 2.44. The van der Waals surface area contributed by atoms with Gasteiger partial charge in [-0.15, -0.1) is 5.10 Å². The molecule has 0 amide bonds. The first kappa shape index (κ1) is 75.8. The van der Waals surface area contributed by atoms with E-state index in [1.807, 2.05) is 68.8 Å². The van der Waals surface area contributed by atoms with Crippen molar-refractivity contribution in [1.29, 1.82) is 0 Å². The first-order chi connectivity index (χ1) is 45.0. The number of unbranched alkanes of at least 4 members (excludes halogenated alkanes) is 14. The van der Waals surface area contributed by atoms with Crippen LogP contribution in [0, 0.1) is 31.6 Å². The SMILES string of the molecule is CCCCCCCCCCOc1cc(COc2cc(OCc3cc(OCCCc4cn(C[C]5[CH][CH][CH][CH]5)nn4)cc(OCC(=O)OC(C)(C)C)c3)cc(-c3c(OCCCCCCCCCC)cc(CO)cc3OCC(=O)OC(C)(C)C)c2)cc(OCC(=O)OC(C)(C)C)c1. The summed E-state index contributed by atoms with van der Waals surface area (Å²) in [7, 11) is 0. The second-order valence-electron chi connectivity index (χ2n) is 26.9. The molecule has 1 aliphatic rings. The summed E-state index contributed by atoms with van der Waals surface area (Å²) in [4.78, 5) is 39.2. The number of aryl methyl sites for hydroxylation is 1. The lowest BCUT2D eigenvalue weighted by Crippen LogP contribution is -2.27. The lowest BCUT2D eigenvalue weighted by atomic mass is 10.00. The number of ether oxygens (including phenoxy) is 11. The van der Waals surface area contributed by atoms with Crippen molar-refractivity contribution in [2.75, 3.05) is 39.6 Å². The molecule has 18 heteroatoms. The van der Waals surface area contributed by atoms with Gasteiger partial charge in [-0.05, 0) is 184 Å². The molecular weight excluding hydrogens is 1190 g/mol. The smallest absolute Gasteiger partial charge is 0.344 e. The Hall–Kier alpha value is -7.21. The summed E-state index contributed by atoms with van der Waals surface area (Å²) in [6.45, 7) is 21.1. The van der Waals surface area contributed by atoms with Gasteiger partial charge in [-0.1, -0.05) is 109 Å². The normalized spacial score (nSPS) is 12.7. The van der Waals surface area contributed by atoms with Crippen LogP contribution >= 0.6 is 0 Å². The first-order valence-electron chi connectivity index (χ1n) is 34.0. The minimum atomic E-state index is -0.771. The van der Waals surface area contributed by atoms with Crippen LogP contribution < -0.4 is 37.9 Å². The monoisotopic (exact) mass is 1300 g/mol. The van der Waals surface area contributed by atoms with E-state index in [4.69, 9.17) is 52.1 Å². The summed E-state index contributed by atoms with van der Waals surface area (Å²) in [5.41, 5.74) is 1.57. The van der Waals surface area contributed by atoms with E-state index in [2.05, 4.69) is 37.0 Å². The lowest BCUT2D eigenvalue weighted by molar-refractivity contribution is -0.158. The Morgan fingerprint density at radius 1 is 0.436 bits per heavy atom. The van der Waals surface area contributed by atoms with Gasteiger partial charge in [-0.3, -0.25) is 4.68 Å². The van der Waals surface area contributed by atoms with Crippen LogP contribution in [0.1, 0.15) is 208 Å². The van der Waals surface area contributed by atoms with Gasteiger partial charge in [0.05, 0.1) is 37.7 Å². The lowest BCUT2D eigenvalue weighted by Gasteiger charge is -2.22. The maximum atomic E-state index is 13.3. The quantitative estimate of drug-likeness (QED) is 0.0219. The fourth-order valence-corrected chi connectivity index (χ4v) is 10.3. The molecule has 1 N–H and O–H groups in total. The molecule has 4 aromatic carbocycles. The highest BCUT2D eigenvalue weighted by molar-refractivity contribution is 5.80. The largest absolute Gasteiger partial charge is 0.493 e. The molecule has 94 heavy (non-hydrogen) atoms. The Balaban J connectivity index is 1.35. The number of hydrogen-bond acceptors (Lipinski definition) is 17. The van der Waals surface area contributed by atoms with Gasteiger partial charge in [0.25, 0.3) is 0 Å². The predicted molar refractivity (Wildman–Crippen MR) is 364 cm³/mol. The van der Waals surface area contributed by atoms with Crippen LogP contribution in [0.5, 0.6) is 46.0 Å².